The van der Waals surface area contributed by atoms with Gasteiger partial charge in [-0.2, -0.15) is 0 Å². The smallest absolute Gasteiger partial charge is 0.215 e. The average molecular weight is 326 g/mol. The van der Waals surface area contributed by atoms with Crippen molar-refractivity contribution in [2.75, 3.05) is 50.9 Å². The average Bonchev–Trinajstić information content (AvgIpc) is 2.77. The summed E-state index contributed by atoms with van der Waals surface area (Å²) in [6, 6.07) is 0. The second-order valence-corrected chi connectivity index (χ2v) is 9.55. The van der Waals surface area contributed by atoms with Gasteiger partial charge in [0.15, 0.2) is 9.84 Å². The van der Waals surface area contributed by atoms with Gasteiger partial charge in [0.2, 0.25) is 10.0 Å². The van der Waals surface area contributed by atoms with Gasteiger partial charge in [0.1, 0.15) is 0 Å². The van der Waals surface area contributed by atoms with E-state index in [9.17, 15) is 16.8 Å². The minimum absolute atomic E-state index is 0.0215. The summed E-state index contributed by atoms with van der Waals surface area (Å²) in [7, 11) is -6.67. The maximum atomic E-state index is 12.0. The largest absolute Gasteiger partial charge is 0.379 e. The molecule has 2 aliphatic heterocycles. The van der Waals surface area contributed by atoms with Gasteiger partial charge in [-0.05, 0) is 19.4 Å². The van der Waals surface area contributed by atoms with E-state index in [1.54, 1.807) is 0 Å². The van der Waals surface area contributed by atoms with Gasteiger partial charge >= 0.3 is 0 Å². The fourth-order valence-corrected chi connectivity index (χ4v) is 6.59. The Morgan fingerprint density at radius 1 is 1.25 bits per heavy atom. The van der Waals surface area contributed by atoms with Crippen molar-refractivity contribution in [2.45, 2.75) is 18.1 Å². The number of morpholine rings is 1. The van der Waals surface area contributed by atoms with Gasteiger partial charge in [0.05, 0.1) is 30.0 Å². The minimum Gasteiger partial charge on any atom is -0.379 e. The molecule has 0 aromatic heterocycles. The van der Waals surface area contributed by atoms with Crippen LogP contribution >= 0.6 is 0 Å². The van der Waals surface area contributed by atoms with E-state index < -0.39 is 25.1 Å². The summed E-state index contributed by atoms with van der Waals surface area (Å²) in [5.74, 6) is -0.266. The Morgan fingerprint density at radius 3 is 2.55 bits per heavy atom. The Balaban J connectivity index is 1.70. The molecule has 2 rings (SSSR count). The van der Waals surface area contributed by atoms with E-state index in [4.69, 9.17) is 4.74 Å². The monoisotopic (exact) mass is 326 g/mol. The Morgan fingerprint density at radius 2 is 1.95 bits per heavy atom. The van der Waals surface area contributed by atoms with Crippen molar-refractivity contribution in [3.63, 3.8) is 0 Å². The van der Waals surface area contributed by atoms with E-state index in [1.165, 1.54) is 0 Å². The fourth-order valence-electron chi connectivity index (χ4n) is 2.47. The van der Waals surface area contributed by atoms with E-state index in [2.05, 4.69) is 9.62 Å². The molecule has 2 saturated heterocycles. The number of sulfonamides is 1. The summed E-state index contributed by atoms with van der Waals surface area (Å²) in [6.45, 7) is 4.41. The first-order valence-corrected chi connectivity index (χ1v) is 10.2. The van der Waals surface area contributed by atoms with E-state index in [0.29, 0.717) is 6.54 Å². The van der Waals surface area contributed by atoms with Crippen molar-refractivity contribution in [1.29, 1.82) is 0 Å². The maximum Gasteiger partial charge on any atom is 0.215 e. The fraction of sp³-hybridized carbons (Fsp3) is 1.00. The molecule has 9 heteroatoms. The van der Waals surface area contributed by atoms with E-state index in [-0.39, 0.29) is 17.9 Å². The predicted octanol–water partition coefficient (Wildman–Crippen LogP) is -1.18. The molecule has 1 unspecified atom stereocenters. The van der Waals surface area contributed by atoms with Crippen LogP contribution in [-0.2, 0) is 24.6 Å². The first kappa shape index (κ1) is 16.2. The van der Waals surface area contributed by atoms with Crippen LogP contribution in [0.15, 0.2) is 0 Å². The molecule has 0 spiro atoms. The quantitative estimate of drug-likeness (QED) is 0.617. The number of hydrogen-bond acceptors (Lipinski definition) is 6. The molecule has 2 heterocycles. The third-order valence-electron chi connectivity index (χ3n) is 3.69. The van der Waals surface area contributed by atoms with Crippen LogP contribution in [0.25, 0.3) is 0 Å². The van der Waals surface area contributed by atoms with Gasteiger partial charge in [-0.15, -0.1) is 0 Å². The Bertz CT molecular complexity index is 511. The first-order valence-electron chi connectivity index (χ1n) is 6.88. The molecule has 1 atom stereocenters. The molecule has 0 radical (unpaired) electrons. The summed E-state index contributed by atoms with van der Waals surface area (Å²) >= 11 is 0. The van der Waals surface area contributed by atoms with E-state index in [0.717, 1.165) is 39.3 Å². The molecular weight excluding hydrogens is 304 g/mol. The molecule has 0 bridgehead atoms. The zero-order valence-corrected chi connectivity index (χ0v) is 13.1. The molecule has 2 aliphatic rings. The summed E-state index contributed by atoms with van der Waals surface area (Å²) in [6.07, 6.45) is 0.930. The van der Waals surface area contributed by atoms with Gasteiger partial charge < -0.3 is 4.74 Å². The molecule has 0 aromatic carbocycles. The van der Waals surface area contributed by atoms with E-state index >= 15 is 0 Å². The lowest BCUT2D eigenvalue weighted by Crippen LogP contribution is -2.39. The predicted molar refractivity (Wildman–Crippen MR) is 75.9 cm³/mol. The normalized spacial score (nSPS) is 27.7. The highest BCUT2D eigenvalue weighted by Gasteiger charge is 2.36. The highest BCUT2D eigenvalue weighted by Crippen LogP contribution is 2.18. The van der Waals surface area contributed by atoms with Gasteiger partial charge in [-0.3, -0.25) is 4.90 Å². The molecule has 7 nitrogen and oxygen atoms in total. The number of ether oxygens (including phenoxy) is 1. The second-order valence-electron chi connectivity index (χ2n) is 5.27. The maximum absolute atomic E-state index is 12.0. The van der Waals surface area contributed by atoms with Crippen LogP contribution in [0.1, 0.15) is 12.8 Å². The number of nitrogens with one attached hydrogen (secondary N) is 1. The van der Waals surface area contributed by atoms with Crippen molar-refractivity contribution in [3.8, 4) is 0 Å². The van der Waals surface area contributed by atoms with Crippen molar-refractivity contribution >= 4 is 19.9 Å². The molecule has 0 amide bonds. The number of sulfone groups is 1. The van der Waals surface area contributed by atoms with Crippen LogP contribution in [0.5, 0.6) is 0 Å². The van der Waals surface area contributed by atoms with Crippen LogP contribution in [0.4, 0.5) is 0 Å². The van der Waals surface area contributed by atoms with Crippen LogP contribution in [0.2, 0.25) is 0 Å². The zero-order chi connectivity index (χ0) is 14.6. The number of rotatable bonds is 6. The van der Waals surface area contributed by atoms with Gasteiger partial charge in [0, 0.05) is 19.6 Å². The van der Waals surface area contributed by atoms with Crippen molar-refractivity contribution < 1.29 is 21.6 Å². The number of hydrogen-bond donors (Lipinski definition) is 1. The molecule has 0 aromatic rings. The van der Waals surface area contributed by atoms with Crippen LogP contribution < -0.4 is 4.72 Å². The lowest BCUT2D eigenvalue weighted by molar-refractivity contribution is 0.0376. The van der Waals surface area contributed by atoms with Crippen LogP contribution in [0, 0.1) is 0 Å². The SMILES string of the molecule is O=S1(=O)CCC(S(=O)(=O)NCCCN2CCOCC2)C1. The first-order chi connectivity index (χ1) is 9.39. The lowest BCUT2D eigenvalue weighted by atomic mass is 10.3. The molecule has 0 saturated carbocycles. The summed E-state index contributed by atoms with van der Waals surface area (Å²) in [5.41, 5.74) is 0. The van der Waals surface area contributed by atoms with Crippen LogP contribution in [0.3, 0.4) is 0 Å². The molecule has 20 heavy (non-hydrogen) atoms. The lowest BCUT2D eigenvalue weighted by Gasteiger charge is -2.26. The molecule has 118 valence electrons. The Hall–Kier alpha value is -0.220. The summed E-state index contributed by atoms with van der Waals surface area (Å²) in [4.78, 5) is 2.23. The summed E-state index contributed by atoms with van der Waals surface area (Å²) in [5, 5.41) is -0.782. The topological polar surface area (TPSA) is 92.8 Å². The van der Waals surface area contributed by atoms with Crippen molar-refractivity contribution in [1.82, 2.24) is 9.62 Å². The third kappa shape index (κ3) is 4.66. The highest BCUT2D eigenvalue weighted by atomic mass is 32.2. The van der Waals surface area contributed by atoms with Crippen molar-refractivity contribution in [3.05, 3.63) is 0 Å². The molecule has 1 N–H and O–H groups in total. The summed E-state index contributed by atoms with van der Waals surface area (Å²) < 4.78 is 54.3. The highest BCUT2D eigenvalue weighted by molar-refractivity contribution is 7.95. The molecular formula is C11H22N2O5S2. The Labute approximate surface area is 120 Å². The second kappa shape index (κ2) is 6.69. The zero-order valence-electron chi connectivity index (χ0n) is 11.5. The van der Waals surface area contributed by atoms with Crippen molar-refractivity contribution in [2.24, 2.45) is 0 Å². The minimum atomic E-state index is -3.51. The van der Waals surface area contributed by atoms with Gasteiger partial charge in [0.25, 0.3) is 0 Å². The standard InChI is InChI=1S/C11H22N2O5S2/c14-19(15)9-2-11(10-19)20(16,17)12-3-1-4-13-5-7-18-8-6-13/h11-12H,1-10H2. The molecule has 0 aliphatic carbocycles. The Kier molecular flexibility index (Phi) is 5.41. The van der Waals surface area contributed by atoms with Gasteiger partial charge in [-0.1, -0.05) is 0 Å². The van der Waals surface area contributed by atoms with Gasteiger partial charge in [-0.25, -0.2) is 21.6 Å². The number of nitrogens with zero attached hydrogens (tertiary/aromatic N) is 1. The van der Waals surface area contributed by atoms with Crippen LogP contribution in [-0.4, -0.2) is 77.9 Å². The third-order valence-corrected chi connectivity index (χ3v) is 7.55. The molecule has 2 fully saturated rings. The van der Waals surface area contributed by atoms with E-state index in [1.807, 2.05) is 0 Å².